The van der Waals surface area contributed by atoms with Gasteiger partial charge in [0.1, 0.15) is 0 Å². The van der Waals surface area contributed by atoms with E-state index < -0.39 is 0 Å². The fourth-order valence-corrected chi connectivity index (χ4v) is 1.91. The van der Waals surface area contributed by atoms with Gasteiger partial charge in [0.25, 0.3) is 0 Å². The quantitative estimate of drug-likeness (QED) is 0.803. The average Bonchev–Trinajstić information content (AvgIpc) is 2.40. The molecule has 0 saturated heterocycles. The average molecular weight is 244 g/mol. The van der Waals surface area contributed by atoms with Crippen molar-refractivity contribution < 1.29 is 4.74 Å². The summed E-state index contributed by atoms with van der Waals surface area (Å²) in [7, 11) is 3.74. The number of hydrogen-bond acceptors (Lipinski definition) is 4. The number of nitrogens with zero attached hydrogens (tertiary/aromatic N) is 2. The van der Waals surface area contributed by atoms with Crippen molar-refractivity contribution >= 4 is 18.1 Å². The number of nitrogen functional groups attached to an aromatic ring is 1. The van der Waals surface area contributed by atoms with Gasteiger partial charge in [0.05, 0.1) is 12.8 Å². The predicted molar refractivity (Wildman–Crippen MR) is 67.4 cm³/mol. The molecule has 90 valence electrons. The molecule has 0 aliphatic carbocycles. The Morgan fingerprint density at radius 3 is 2.75 bits per heavy atom. The molecular weight excluding hydrogens is 226 g/mol. The Bertz CT molecular complexity index is 370. The Morgan fingerprint density at radius 1 is 1.38 bits per heavy atom. The molecule has 0 saturated carbocycles. The van der Waals surface area contributed by atoms with Crippen LogP contribution in [0.2, 0.25) is 0 Å². The van der Waals surface area contributed by atoms with Gasteiger partial charge in [-0.3, -0.25) is 0 Å². The molecule has 0 radical (unpaired) electrons. The summed E-state index contributed by atoms with van der Waals surface area (Å²) >= 11 is 0. The summed E-state index contributed by atoms with van der Waals surface area (Å²) in [4.78, 5) is 6.76. The second kappa shape index (κ2) is 5.37. The normalized spacial score (nSPS) is 15.9. The highest BCUT2D eigenvalue weighted by atomic mass is 35.5. The van der Waals surface area contributed by atoms with Gasteiger partial charge in [0.15, 0.2) is 0 Å². The topological polar surface area (TPSA) is 51.4 Å². The number of anilines is 1. The highest BCUT2D eigenvalue weighted by molar-refractivity contribution is 5.85. The largest absolute Gasteiger partial charge is 0.480 e. The van der Waals surface area contributed by atoms with Crippen LogP contribution in [-0.2, 0) is 12.8 Å². The van der Waals surface area contributed by atoms with Crippen LogP contribution in [0.4, 0.5) is 5.69 Å². The van der Waals surface area contributed by atoms with Crippen LogP contribution >= 0.6 is 12.4 Å². The van der Waals surface area contributed by atoms with Crippen LogP contribution in [0.3, 0.4) is 0 Å². The predicted octanol–water partition coefficient (Wildman–Crippen LogP) is 1.12. The van der Waals surface area contributed by atoms with Gasteiger partial charge >= 0.3 is 0 Å². The van der Waals surface area contributed by atoms with Gasteiger partial charge in [-0.05, 0) is 25.1 Å². The summed E-state index contributed by atoms with van der Waals surface area (Å²) in [5.74, 6) is 0.554. The van der Waals surface area contributed by atoms with Crippen molar-refractivity contribution in [3.8, 4) is 5.88 Å². The van der Waals surface area contributed by atoms with E-state index in [4.69, 9.17) is 10.5 Å². The van der Waals surface area contributed by atoms with Crippen LogP contribution in [-0.4, -0.2) is 37.1 Å². The minimum Gasteiger partial charge on any atom is -0.480 e. The number of fused-ring (bicyclic) bond motifs is 1. The lowest BCUT2D eigenvalue weighted by atomic mass is 10.1. The lowest BCUT2D eigenvalue weighted by Gasteiger charge is -2.10. The monoisotopic (exact) mass is 243 g/mol. The summed E-state index contributed by atoms with van der Waals surface area (Å²) < 4.78 is 5.13. The molecule has 16 heavy (non-hydrogen) atoms. The number of halogens is 1. The van der Waals surface area contributed by atoms with Crippen LogP contribution < -0.4 is 10.5 Å². The van der Waals surface area contributed by atoms with Crippen LogP contribution in [0.1, 0.15) is 11.3 Å². The second-order valence-electron chi connectivity index (χ2n) is 4.00. The van der Waals surface area contributed by atoms with E-state index in [-0.39, 0.29) is 12.4 Å². The van der Waals surface area contributed by atoms with Gasteiger partial charge in [-0.15, -0.1) is 12.4 Å². The van der Waals surface area contributed by atoms with E-state index >= 15 is 0 Å². The van der Waals surface area contributed by atoms with E-state index in [2.05, 4.69) is 16.9 Å². The van der Waals surface area contributed by atoms with Crippen molar-refractivity contribution in [2.24, 2.45) is 0 Å². The molecule has 5 heteroatoms. The van der Waals surface area contributed by atoms with Crippen molar-refractivity contribution in [1.29, 1.82) is 0 Å². The van der Waals surface area contributed by atoms with Gasteiger partial charge in [-0.2, -0.15) is 0 Å². The van der Waals surface area contributed by atoms with Gasteiger partial charge in [0.2, 0.25) is 5.88 Å². The molecular formula is C11H18ClN3O. The summed E-state index contributed by atoms with van der Waals surface area (Å²) in [5.41, 5.74) is 8.87. The first-order valence-corrected chi connectivity index (χ1v) is 5.21. The zero-order valence-corrected chi connectivity index (χ0v) is 10.5. The molecule has 1 aromatic heterocycles. The van der Waals surface area contributed by atoms with E-state index in [0.717, 1.165) is 31.6 Å². The Morgan fingerprint density at radius 2 is 2.06 bits per heavy atom. The maximum atomic E-state index is 5.84. The lowest BCUT2D eigenvalue weighted by Crippen LogP contribution is -2.20. The molecule has 2 N–H and O–H groups in total. The first-order chi connectivity index (χ1) is 7.20. The van der Waals surface area contributed by atoms with Gasteiger partial charge < -0.3 is 15.4 Å². The third kappa shape index (κ3) is 2.57. The molecule has 0 aromatic carbocycles. The molecule has 1 aromatic rings. The van der Waals surface area contributed by atoms with Crippen LogP contribution in [0.25, 0.3) is 0 Å². The third-order valence-electron chi connectivity index (χ3n) is 2.87. The van der Waals surface area contributed by atoms with Crippen molar-refractivity contribution in [3.05, 3.63) is 17.3 Å². The highest BCUT2D eigenvalue weighted by Gasteiger charge is 2.14. The molecule has 2 rings (SSSR count). The van der Waals surface area contributed by atoms with Crippen molar-refractivity contribution in [2.45, 2.75) is 12.8 Å². The standard InChI is InChI=1S/C11H17N3O.ClH/c1-14-5-3-8-7-9(12)11(15-2)13-10(8)4-6-14;/h7H,3-6,12H2,1-2H3;1H. The van der Waals surface area contributed by atoms with Crippen molar-refractivity contribution in [1.82, 2.24) is 9.88 Å². The van der Waals surface area contributed by atoms with Gasteiger partial charge in [-0.25, -0.2) is 4.98 Å². The summed E-state index contributed by atoms with van der Waals surface area (Å²) in [6, 6.07) is 2.00. The van der Waals surface area contributed by atoms with Crippen LogP contribution in [0.5, 0.6) is 5.88 Å². The van der Waals surface area contributed by atoms with Crippen LogP contribution in [0, 0.1) is 0 Å². The minimum atomic E-state index is 0. The first kappa shape index (κ1) is 13.1. The van der Waals surface area contributed by atoms with Gasteiger partial charge in [-0.1, -0.05) is 0 Å². The Labute approximate surface area is 102 Å². The van der Waals surface area contributed by atoms with E-state index in [0.29, 0.717) is 11.6 Å². The van der Waals surface area contributed by atoms with E-state index in [1.165, 1.54) is 5.56 Å². The fourth-order valence-electron chi connectivity index (χ4n) is 1.91. The molecule has 1 aliphatic heterocycles. The maximum Gasteiger partial charge on any atom is 0.237 e. The molecule has 0 amide bonds. The number of pyridine rings is 1. The molecule has 1 aliphatic rings. The highest BCUT2D eigenvalue weighted by Crippen LogP contribution is 2.24. The van der Waals surface area contributed by atoms with Crippen molar-refractivity contribution in [2.75, 3.05) is 33.0 Å². The molecule has 2 heterocycles. The molecule has 0 atom stereocenters. The van der Waals surface area contributed by atoms with Crippen molar-refractivity contribution in [3.63, 3.8) is 0 Å². The zero-order valence-electron chi connectivity index (χ0n) is 9.69. The molecule has 0 unspecified atom stereocenters. The summed E-state index contributed by atoms with van der Waals surface area (Å²) in [6.07, 6.45) is 2.00. The van der Waals surface area contributed by atoms with E-state index in [1.54, 1.807) is 7.11 Å². The zero-order chi connectivity index (χ0) is 10.8. The first-order valence-electron chi connectivity index (χ1n) is 5.21. The fraction of sp³-hybridized carbons (Fsp3) is 0.545. The number of methoxy groups -OCH3 is 1. The SMILES string of the molecule is COc1nc2c(cc1N)CCN(C)CC2.Cl. The van der Waals surface area contributed by atoms with Gasteiger partial charge in [0, 0.05) is 25.2 Å². The summed E-state index contributed by atoms with van der Waals surface area (Å²) in [5, 5.41) is 0. The number of hydrogen-bond donors (Lipinski definition) is 1. The number of nitrogens with two attached hydrogens (primary N) is 1. The number of aromatic nitrogens is 1. The molecule has 4 nitrogen and oxygen atoms in total. The Kier molecular flexibility index (Phi) is 4.38. The smallest absolute Gasteiger partial charge is 0.237 e. The Hall–Kier alpha value is -1.00. The number of rotatable bonds is 1. The molecule has 0 bridgehead atoms. The minimum absolute atomic E-state index is 0. The van der Waals surface area contributed by atoms with Crippen LogP contribution in [0.15, 0.2) is 6.07 Å². The Balaban J connectivity index is 0.00000128. The third-order valence-corrected chi connectivity index (χ3v) is 2.87. The molecule has 0 spiro atoms. The number of ether oxygens (including phenoxy) is 1. The molecule has 0 fully saturated rings. The second-order valence-corrected chi connectivity index (χ2v) is 4.00. The summed E-state index contributed by atoms with van der Waals surface area (Å²) in [6.45, 7) is 2.12. The van der Waals surface area contributed by atoms with E-state index in [9.17, 15) is 0 Å². The van der Waals surface area contributed by atoms with E-state index in [1.807, 2.05) is 6.07 Å². The maximum absolute atomic E-state index is 5.84. The lowest BCUT2D eigenvalue weighted by molar-refractivity contribution is 0.351. The number of likely N-dealkylation sites (N-methyl/N-ethyl adjacent to an activating group) is 1.